The third-order valence-corrected chi connectivity index (χ3v) is 3.12. The van der Waals surface area contributed by atoms with E-state index in [0.29, 0.717) is 22.6 Å². The number of carbonyl (C=O) groups excluding carboxylic acids is 1. The summed E-state index contributed by atoms with van der Waals surface area (Å²) in [5.41, 5.74) is 1.67. The summed E-state index contributed by atoms with van der Waals surface area (Å²) in [7, 11) is 3.11. The van der Waals surface area contributed by atoms with Crippen molar-refractivity contribution >= 4 is 11.9 Å². The van der Waals surface area contributed by atoms with Crippen LogP contribution in [0.15, 0.2) is 48.5 Å². The average Bonchev–Trinajstić information content (AvgIpc) is 2.59. The molecule has 0 aliphatic carbocycles. The van der Waals surface area contributed by atoms with Crippen molar-refractivity contribution in [3.8, 4) is 17.6 Å². The second-order valence-electron chi connectivity index (χ2n) is 4.47. The van der Waals surface area contributed by atoms with E-state index in [-0.39, 0.29) is 5.78 Å². The molecule has 2 rings (SSSR count). The molecular weight excluding hydrogens is 278 g/mol. The van der Waals surface area contributed by atoms with E-state index < -0.39 is 0 Å². The fourth-order valence-corrected chi connectivity index (χ4v) is 2.05. The molecule has 0 N–H and O–H groups in total. The van der Waals surface area contributed by atoms with Gasteiger partial charge in [0.15, 0.2) is 17.3 Å². The van der Waals surface area contributed by atoms with Crippen LogP contribution in [0.4, 0.5) is 0 Å². The van der Waals surface area contributed by atoms with Gasteiger partial charge in [0.05, 0.1) is 25.9 Å². The monoisotopic (exact) mass is 293 g/mol. The molecule has 0 heterocycles. The number of ether oxygens (including phenoxy) is 2. The molecule has 0 radical (unpaired) electrons. The van der Waals surface area contributed by atoms with Crippen LogP contribution < -0.4 is 9.47 Å². The number of ketones is 1. The van der Waals surface area contributed by atoms with E-state index in [4.69, 9.17) is 14.7 Å². The summed E-state index contributed by atoms with van der Waals surface area (Å²) in [6, 6.07) is 14.0. The Morgan fingerprint density at radius 1 is 1.14 bits per heavy atom. The normalized spacial score (nSPS) is 10.2. The summed E-state index contributed by atoms with van der Waals surface area (Å²) >= 11 is 0. The van der Waals surface area contributed by atoms with Gasteiger partial charge in [-0.15, -0.1) is 0 Å². The molecule has 0 aliphatic heterocycles. The smallest absolute Gasteiger partial charge is 0.185 e. The first-order valence-corrected chi connectivity index (χ1v) is 6.63. The standard InChI is InChI=1S/C18H15NO3/c1-21-17-8-4-6-14(18(17)22-2)9-10-16(20)15-7-3-5-13(11-15)12-19/h3-11H,1-2H3/b10-9+. The van der Waals surface area contributed by atoms with Gasteiger partial charge in [-0.05, 0) is 30.4 Å². The summed E-state index contributed by atoms with van der Waals surface area (Å²) in [4.78, 5) is 12.2. The number of para-hydroxylation sites is 1. The molecule has 0 unspecified atom stereocenters. The third kappa shape index (κ3) is 3.33. The Morgan fingerprint density at radius 2 is 1.91 bits per heavy atom. The molecule has 22 heavy (non-hydrogen) atoms. The Labute approximate surface area is 129 Å². The maximum absolute atomic E-state index is 12.2. The highest BCUT2D eigenvalue weighted by Gasteiger charge is 2.08. The lowest BCUT2D eigenvalue weighted by atomic mass is 10.1. The number of carbonyl (C=O) groups is 1. The molecule has 0 bridgehead atoms. The van der Waals surface area contributed by atoms with E-state index in [1.807, 2.05) is 18.2 Å². The van der Waals surface area contributed by atoms with Crippen molar-refractivity contribution in [1.82, 2.24) is 0 Å². The fourth-order valence-electron chi connectivity index (χ4n) is 2.05. The predicted molar refractivity (Wildman–Crippen MR) is 84.1 cm³/mol. The molecule has 4 nitrogen and oxygen atoms in total. The maximum atomic E-state index is 12.2. The molecule has 0 aromatic heterocycles. The van der Waals surface area contributed by atoms with Gasteiger partial charge in [0.2, 0.25) is 0 Å². The van der Waals surface area contributed by atoms with Gasteiger partial charge in [-0.3, -0.25) is 4.79 Å². The van der Waals surface area contributed by atoms with Crippen molar-refractivity contribution in [2.24, 2.45) is 0 Å². The fraction of sp³-hybridized carbons (Fsp3) is 0.111. The van der Waals surface area contributed by atoms with E-state index >= 15 is 0 Å². The Morgan fingerprint density at radius 3 is 2.59 bits per heavy atom. The lowest BCUT2D eigenvalue weighted by molar-refractivity contribution is 0.104. The highest BCUT2D eigenvalue weighted by molar-refractivity contribution is 6.07. The first-order chi connectivity index (χ1) is 10.7. The number of benzene rings is 2. The number of hydrogen-bond donors (Lipinski definition) is 0. The molecule has 0 saturated carbocycles. The van der Waals surface area contributed by atoms with Crippen LogP contribution in [0.25, 0.3) is 6.08 Å². The topological polar surface area (TPSA) is 59.3 Å². The summed E-state index contributed by atoms with van der Waals surface area (Å²) in [6.45, 7) is 0. The van der Waals surface area contributed by atoms with Crippen molar-refractivity contribution < 1.29 is 14.3 Å². The summed E-state index contributed by atoms with van der Waals surface area (Å²) in [5, 5.41) is 8.87. The molecule has 0 amide bonds. The van der Waals surface area contributed by atoms with E-state index in [1.54, 1.807) is 50.6 Å². The van der Waals surface area contributed by atoms with E-state index in [1.165, 1.54) is 6.08 Å². The Hall–Kier alpha value is -3.06. The van der Waals surface area contributed by atoms with Crippen molar-refractivity contribution in [2.75, 3.05) is 14.2 Å². The quantitative estimate of drug-likeness (QED) is 0.625. The van der Waals surface area contributed by atoms with Gasteiger partial charge >= 0.3 is 0 Å². The molecule has 4 heteroatoms. The number of methoxy groups -OCH3 is 2. The van der Waals surface area contributed by atoms with Gasteiger partial charge < -0.3 is 9.47 Å². The summed E-state index contributed by atoms with van der Waals surface area (Å²) in [6.07, 6.45) is 3.12. The first kappa shape index (κ1) is 15.3. The van der Waals surface area contributed by atoms with Crippen LogP contribution in [0, 0.1) is 11.3 Å². The van der Waals surface area contributed by atoms with Crippen LogP contribution in [0.3, 0.4) is 0 Å². The number of nitriles is 1. The van der Waals surface area contributed by atoms with Gasteiger partial charge in [0.25, 0.3) is 0 Å². The number of allylic oxidation sites excluding steroid dienone is 1. The number of rotatable bonds is 5. The lowest BCUT2D eigenvalue weighted by Crippen LogP contribution is -1.96. The van der Waals surface area contributed by atoms with Crippen molar-refractivity contribution in [1.29, 1.82) is 5.26 Å². The highest BCUT2D eigenvalue weighted by Crippen LogP contribution is 2.31. The van der Waals surface area contributed by atoms with Crippen molar-refractivity contribution in [2.45, 2.75) is 0 Å². The van der Waals surface area contributed by atoms with E-state index in [0.717, 1.165) is 5.56 Å². The largest absolute Gasteiger partial charge is 0.493 e. The zero-order chi connectivity index (χ0) is 15.9. The zero-order valence-electron chi connectivity index (χ0n) is 12.4. The minimum absolute atomic E-state index is 0.179. The number of hydrogen-bond acceptors (Lipinski definition) is 4. The highest BCUT2D eigenvalue weighted by atomic mass is 16.5. The number of nitrogens with zero attached hydrogens (tertiary/aromatic N) is 1. The van der Waals surface area contributed by atoms with Gasteiger partial charge in [-0.25, -0.2) is 0 Å². The molecule has 0 aliphatic rings. The van der Waals surface area contributed by atoms with Gasteiger partial charge in [-0.2, -0.15) is 5.26 Å². The van der Waals surface area contributed by atoms with Gasteiger partial charge in [0.1, 0.15) is 0 Å². The maximum Gasteiger partial charge on any atom is 0.185 e. The zero-order valence-corrected chi connectivity index (χ0v) is 12.4. The lowest BCUT2D eigenvalue weighted by Gasteiger charge is -2.09. The third-order valence-electron chi connectivity index (χ3n) is 3.12. The molecule has 110 valence electrons. The molecule has 0 saturated heterocycles. The Balaban J connectivity index is 2.28. The Kier molecular flexibility index (Phi) is 4.94. The molecule has 0 atom stereocenters. The van der Waals surface area contributed by atoms with E-state index in [2.05, 4.69) is 0 Å². The van der Waals surface area contributed by atoms with Gasteiger partial charge in [0, 0.05) is 11.1 Å². The first-order valence-electron chi connectivity index (χ1n) is 6.63. The minimum atomic E-state index is -0.179. The second kappa shape index (κ2) is 7.09. The molecular formula is C18H15NO3. The van der Waals surface area contributed by atoms with Gasteiger partial charge in [-0.1, -0.05) is 24.3 Å². The predicted octanol–water partition coefficient (Wildman–Crippen LogP) is 3.47. The molecule has 2 aromatic carbocycles. The molecule has 2 aromatic rings. The summed E-state index contributed by atoms with van der Waals surface area (Å²) in [5.74, 6) is 0.991. The second-order valence-corrected chi connectivity index (χ2v) is 4.47. The van der Waals surface area contributed by atoms with Crippen molar-refractivity contribution in [3.63, 3.8) is 0 Å². The molecule has 0 fully saturated rings. The van der Waals surface area contributed by atoms with Crippen LogP contribution >= 0.6 is 0 Å². The minimum Gasteiger partial charge on any atom is -0.493 e. The van der Waals surface area contributed by atoms with E-state index in [9.17, 15) is 4.79 Å². The van der Waals surface area contributed by atoms with Crippen LogP contribution in [-0.4, -0.2) is 20.0 Å². The van der Waals surface area contributed by atoms with Crippen LogP contribution in [-0.2, 0) is 0 Å². The average molecular weight is 293 g/mol. The molecule has 0 spiro atoms. The van der Waals surface area contributed by atoms with Crippen LogP contribution in [0.5, 0.6) is 11.5 Å². The van der Waals surface area contributed by atoms with Crippen LogP contribution in [0.1, 0.15) is 21.5 Å². The SMILES string of the molecule is COc1cccc(/C=C/C(=O)c2cccc(C#N)c2)c1OC. The Bertz CT molecular complexity index is 757. The summed E-state index contributed by atoms with van der Waals surface area (Å²) < 4.78 is 10.5. The van der Waals surface area contributed by atoms with Crippen LogP contribution in [0.2, 0.25) is 0 Å². The van der Waals surface area contributed by atoms with Crippen molar-refractivity contribution in [3.05, 3.63) is 65.2 Å².